The summed E-state index contributed by atoms with van der Waals surface area (Å²) in [6, 6.07) is 2.44. The van der Waals surface area contributed by atoms with Gasteiger partial charge in [-0.05, 0) is 20.3 Å². The topological polar surface area (TPSA) is 52.5 Å². The van der Waals surface area contributed by atoms with Crippen LogP contribution in [-0.4, -0.2) is 47.9 Å². The van der Waals surface area contributed by atoms with E-state index in [2.05, 4.69) is 33.6 Å². The van der Waals surface area contributed by atoms with Crippen molar-refractivity contribution in [1.82, 2.24) is 9.97 Å². The molecule has 1 unspecified atom stereocenters. The molecule has 5 nitrogen and oxygen atoms in total. The molecule has 1 N–H and O–H groups in total. The lowest BCUT2D eigenvalue weighted by molar-refractivity contribution is 0.238. The molecular weight excluding hydrogens is 228 g/mol. The number of anilines is 2. The highest BCUT2D eigenvalue weighted by Crippen LogP contribution is 2.24. The lowest BCUT2D eigenvalue weighted by Gasteiger charge is -2.24. The summed E-state index contributed by atoms with van der Waals surface area (Å²) < 4.78 is 0. The Bertz CT molecular complexity index is 396. The lowest BCUT2D eigenvalue weighted by Crippen LogP contribution is -2.27. The van der Waals surface area contributed by atoms with Crippen molar-refractivity contribution in [3.63, 3.8) is 0 Å². The van der Waals surface area contributed by atoms with Crippen LogP contribution in [0.15, 0.2) is 12.4 Å². The summed E-state index contributed by atoms with van der Waals surface area (Å²) in [6.45, 7) is 6.39. The first-order valence-corrected chi connectivity index (χ1v) is 6.52. The van der Waals surface area contributed by atoms with Crippen LogP contribution in [0.2, 0.25) is 0 Å². The summed E-state index contributed by atoms with van der Waals surface area (Å²) in [4.78, 5) is 13.0. The van der Waals surface area contributed by atoms with E-state index in [-0.39, 0.29) is 6.61 Å². The van der Waals surface area contributed by atoms with Gasteiger partial charge < -0.3 is 14.9 Å². The third-order valence-corrected chi connectivity index (χ3v) is 3.64. The third-order valence-electron chi connectivity index (χ3n) is 3.64. The van der Waals surface area contributed by atoms with Crippen LogP contribution in [0.4, 0.5) is 11.6 Å². The number of aliphatic hydroxyl groups is 1. The number of rotatable bonds is 4. The Hall–Kier alpha value is -1.36. The summed E-state index contributed by atoms with van der Waals surface area (Å²) in [6.07, 6.45) is 2.66. The third kappa shape index (κ3) is 2.72. The van der Waals surface area contributed by atoms with Crippen molar-refractivity contribution < 1.29 is 5.11 Å². The van der Waals surface area contributed by atoms with Gasteiger partial charge >= 0.3 is 0 Å². The quantitative estimate of drug-likeness (QED) is 0.868. The van der Waals surface area contributed by atoms with Crippen molar-refractivity contribution in [3.8, 4) is 0 Å². The summed E-state index contributed by atoms with van der Waals surface area (Å²) in [5.41, 5.74) is 0. The average Bonchev–Trinajstić information content (AvgIpc) is 2.86. The maximum Gasteiger partial charge on any atom is 0.134 e. The van der Waals surface area contributed by atoms with Crippen LogP contribution < -0.4 is 9.80 Å². The van der Waals surface area contributed by atoms with Crippen molar-refractivity contribution in [2.45, 2.75) is 26.3 Å². The molecule has 1 atom stereocenters. The predicted octanol–water partition coefficient (Wildman–Crippen LogP) is 1.14. The summed E-state index contributed by atoms with van der Waals surface area (Å²) in [5, 5.41) is 9.18. The van der Waals surface area contributed by atoms with Crippen LogP contribution in [0.3, 0.4) is 0 Å². The first-order valence-electron chi connectivity index (χ1n) is 6.52. The molecule has 1 fully saturated rings. The van der Waals surface area contributed by atoms with Gasteiger partial charge in [-0.3, -0.25) is 0 Å². The minimum atomic E-state index is 0.264. The number of aromatic nitrogens is 2. The molecule has 0 amide bonds. The zero-order chi connectivity index (χ0) is 13.1. The van der Waals surface area contributed by atoms with Gasteiger partial charge in [0.1, 0.15) is 18.0 Å². The average molecular weight is 250 g/mol. The van der Waals surface area contributed by atoms with Gasteiger partial charge in [0.05, 0.1) is 0 Å². The molecule has 2 heterocycles. The SMILES string of the molecule is CC(C)N(C)c1cc(N2CCC(CO)C2)ncn1. The second-order valence-corrected chi connectivity index (χ2v) is 5.22. The van der Waals surface area contributed by atoms with Crippen molar-refractivity contribution in [3.05, 3.63) is 12.4 Å². The van der Waals surface area contributed by atoms with E-state index in [1.165, 1.54) is 0 Å². The van der Waals surface area contributed by atoms with E-state index in [9.17, 15) is 5.11 Å². The van der Waals surface area contributed by atoms with E-state index in [0.29, 0.717) is 12.0 Å². The van der Waals surface area contributed by atoms with Crippen LogP contribution in [-0.2, 0) is 0 Å². The van der Waals surface area contributed by atoms with Crippen molar-refractivity contribution in [2.24, 2.45) is 5.92 Å². The van der Waals surface area contributed by atoms with Gasteiger partial charge in [-0.2, -0.15) is 0 Å². The Morgan fingerprint density at radius 1 is 1.50 bits per heavy atom. The molecule has 100 valence electrons. The van der Waals surface area contributed by atoms with E-state index in [1.54, 1.807) is 6.33 Å². The molecule has 0 bridgehead atoms. The fraction of sp³-hybridized carbons (Fsp3) is 0.692. The molecule has 0 saturated carbocycles. The smallest absolute Gasteiger partial charge is 0.134 e. The molecule has 0 aromatic carbocycles. The Morgan fingerprint density at radius 3 is 2.89 bits per heavy atom. The number of nitrogens with zero attached hydrogens (tertiary/aromatic N) is 4. The van der Waals surface area contributed by atoms with Crippen molar-refractivity contribution in [1.29, 1.82) is 0 Å². The van der Waals surface area contributed by atoms with Crippen LogP contribution >= 0.6 is 0 Å². The van der Waals surface area contributed by atoms with E-state index in [1.807, 2.05) is 13.1 Å². The van der Waals surface area contributed by atoms with Gasteiger partial charge in [-0.15, -0.1) is 0 Å². The van der Waals surface area contributed by atoms with E-state index in [0.717, 1.165) is 31.1 Å². The first-order chi connectivity index (χ1) is 8.61. The van der Waals surface area contributed by atoms with Gasteiger partial charge in [-0.25, -0.2) is 9.97 Å². The van der Waals surface area contributed by atoms with Gasteiger partial charge in [0.2, 0.25) is 0 Å². The maximum atomic E-state index is 9.18. The highest BCUT2D eigenvalue weighted by Gasteiger charge is 2.23. The zero-order valence-corrected chi connectivity index (χ0v) is 11.4. The highest BCUT2D eigenvalue weighted by atomic mass is 16.3. The molecule has 1 aliphatic rings. The lowest BCUT2D eigenvalue weighted by atomic mass is 10.1. The minimum absolute atomic E-state index is 0.264. The predicted molar refractivity (Wildman–Crippen MR) is 73.0 cm³/mol. The molecule has 0 radical (unpaired) electrons. The van der Waals surface area contributed by atoms with E-state index in [4.69, 9.17) is 0 Å². The summed E-state index contributed by atoms with van der Waals surface area (Å²) in [7, 11) is 2.04. The zero-order valence-electron chi connectivity index (χ0n) is 11.4. The van der Waals surface area contributed by atoms with Crippen LogP contribution in [0.5, 0.6) is 0 Å². The van der Waals surface area contributed by atoms with Gasteiger partial charge in [0, 0.05) is 44.8 Å². The Labute approximate surface area is 108 Å². The molecule has 0 aliphatic carbocycles. The van der Waals surface area contributed by atoms with Gasteiger partial charge in [0.15, 0.2) is 0 Å². The standard InChI is InChI=1S/C13H22N4O/c1-10(2)16(3)12-6-13(15-9-14-12)17-5-4-11(7-17)8-18/h6,9-11,18H,4-5,7-8H2,1-3H3. The molecular formula is C13H22N4O. The fourth-order valence-electron chi connectivity index (χ4n) is 2.16. The molecule has 1 saturated heterocycles. The number of hydrogen-bond acceptors (Lipinski definition) is 5. The molecule has 2 rings (SSSR count). The van der Waals surface area contributed by atoms with E-state index < -0.39 is 0 Å². The monoisotopic (exact) mass is 250 g/mol. The highest BCUT2D eigenvalue weighted by molar-refractivity contribution is 5.50. The van der Waals surface area contributed by atoms with Crippen molar-refractivity contribution in [2.75, 3.05) is 36.5 Å². The van der Waals surface area contributed by atoms with Gasteiger partial charge in [0.25, 0.3) is 0 Å². The Balaban J connectivity index is 2.13. The molecule has 0 spiro atoms. The fourth-order valence-corrected chi connectivity index (χ4v) is 2.16. The molecule has 1 aromatic rings. The van der Waals surface area contributed by atoms with Crippen molar-refractivity contribution >= 4 is 11.6 Å². The second-order valence-electron chi connectivity index (χ2n) is 5.22. The largest absolute Gasteiger partial charge is 0.396 e. The van der Waals surface area contributed by atoms with E-state index >= 15 is 0 Å². The molecule has 1 aromatic heterocycles. The second kappa shape index (κ2) is 5.52. The Kier molecular flexibility index (Phi) is 4.01. The number of aliphatic hydroxyl groups excluding tert-OH is 1. The summed E-state index contributed by atoms with van der Waals surface area (Å²) >= 11 is 0. The summed E-state index contributed by atoms with van der Waals surface area (Å²) in [5.74, 6) is 2.29. The van der Waals surface area contributed by atoms with Crippen LogP contribution in [0, 0.1) is 5.92 Å². The molecule has 5 heteroatoms. The van der Waals surface area contributed by atoms with Crippen LogP contribution in [0.25, 0.3) is 0 Å². The molecule has 18 heavy (non-hydrogen) atoms. The van der Waals surface area contributed by atoms with Gasteiger partial charge in [-0.1, -0.05) is 0 Å². The van der Waals surface area contributed by atoms with Crippen LogP contribution in [0.1, 0.15) is 20.3 Å². The normalized spacial score (nSPS) is 19.6. The first kappa shape index (κ1) is 13.1. The molecule has 1 aliphatic heterocycles. The minimum Gasteiger partial charge on any atom is -0.396 e. The number of hydrogen-bond donors (Lipinski definition) is 1. The maximum absolute atomic E-state index is 9.18. The Morgan fingerprint density at radius 2 is 2.28 bits per heavy atom.